The summed E-state index contributed by atoms with van der Waals surface area (Å²) in [6.45, 7) is 1.03. The van der Waals surface area contributed by atoms with Gasteiger partial charge in [0.25, 0.3) is 0 Å². The van der Waals surface area contributed by atoms with E-state index in [1.165, 1.54) is 19.3 Å². The highest BCUT2D eigenvalue weighted by atomic mass is 32.2. The maximum Gasteiger partial charge on any atom is 0.191 e. The fourth-order valence-corrected chi connectivity index (χ4v) is 3.58. The molecule has 0 radical (unpaired) electrons. The zero-order valence-electron chi connectivity index (χ0n) is 12.2. The molecule has 1 aromatic heterocycles. The molecule has 0 unspecified atom stereocenters. The molecule has 0 bridgehead atoms. The number of nitrogens with zero attached hydrogens (tertiary/aromatic N) is 3. The summed E-state index contributed by atoms with van der Waals surface area (Å²) in [5.41, 5.74) is 7.71. The van der Waals surface area contributed by atoms with Gasteiger partial charge in [0.05, 0.1) is 7.11 Å². The van der Waals surface area contributed by atoms with E-state index in [1.54, 1.807) is 18.9 Å². The summed E-state index contributed by atoms with van der Waals surface area (Å²) in [5, 5.41) is 9.66. The van der Waals surface area contributed by atoms with Gasteiger partial charge in [-0.3, -0.25) is 0 Å². The summed E-state index contributed by atoms with van der Waals surface area (Å²) in [6.07, 6.45) is 4.73. The van der Waals surface area contributed by atoms with E-state index in [2.05, 4.69) is 14.8 Å². The number of rotatable bonds is 4. The van der Waals surface area contributed by atoms with Gasteiger partial charge in [0.2, 0.25) is 0 Å². The van der Waals surface area contributed by atoms with E-state index < -0.39 is 0 Å². The largest absolute Gasteiger partial charge is 0.496 e. The highest BCUT2D eigenvalue weighted by Crippen LogP contribution is 2.29. The lowest BCUT2D eigenvalue weighted by molar-refractivity contribution is 0.411. The number of benzene rings is 1. The second-order valence-corrected chi connectivity index (χ2v) is 6.16. The molecule has 5 nitrogen and oxygen atoms in total. The molecular weight excluding hydrogens is 284 g/mol. The Bertz CT molecular complexity index is 626. The zero-order chi connectivity index (χ0) is 14.7. The zero-order valence-corrected chi connectivity index (χ0v) is 13.0. The van der Waals surface area contributed by atoms with Crippen LogP contribution in [0.4, 0.5) is 5.69 Å². The monoisotopic (exact) mass is 304 g/mol. The number of nitrogen functional groups attached to an aromatic ring is 1. The number of fused-ring (bicyclic) bond motifs is 1. The number of methoxy groups -OCH3 is 1. The molecule has 1 aliphatic heterocycles. The first-order chi connectivity index (χ1) is 10.3. The van der Waals surface area contributed by atoms with Gasteiger partial charge in [-0.15, -0.1) is 10.2 Å². The summed E-state index contributed by atoms with van der Waals surface area (Å²) in [6, 6.07) is 5.73. The summed E-state index contributed by atoms with van der Waals surface area (Å²) in [4.78, 5) is 0. The molecule has 2 N–H and O–H groups in total. The van der Waals surface area contributed by atoms with E-state index in [1.807, 2.05) is 18.2 Å². The molecule has 1 aromatic carbocycles. The van der Waals surface area contributed by atoms with Gasteiger partial charge in [0.15, 0.2) is 5.16 Å². The molecule has 3 rings (SSSR count). The minimum absolute atomic E-state index is 0.756. The molecule has 2 aromatic rings. The van der Waals surface area contributed by atoms with Gasteiger partial charge in [-0.05, 0) is 31.0 Å². The topological polar surface area (TPSA) is 66.0 Å². The van der Waals surface area contributed by atoms with Crippen LogP contribution in [-0.2, 0) is 18.7 Å². The molecule has 2 heterocycles. The molecule has 0 spiro atoms. The predicted molar refractivity (Wildman–Crippen MR) is 84.5 cm³/mol. The quantitative estimate of drug-likeness (QED) is 0.695. The molecule has 0 saturated carbocycles. The lowest BCUT2D eigenvalue weighted by atomic mass is 10.2. The van der Waals surface area contributed by atoms with E-state index in [0.717, 1.165) is 46.7 Å². The molecule has 0 aliphatic carbocycles. The van der Waals surface area contributed by atoms with Gasteiger partial charge < -0.3 is 15.0 Å². The number of hydrogen-bond donors (Lipinski definition) is 1. The number of hydrogen-bond acceptors (Lipinski definition) is 5. The highest BCUT2D eigenvalue weighted by molar-refractivity contribution is 7.98. The first kappa shape index (κ1) is 14.3. The van der Waals surface area contributed by atoms with E-state index in [4.69, 9.17) is 10.5 Å². The van der Waals surface area contributed by atoms with E-state index in [0.29, 0.717) is 0 Å². The second-order valence-electron chi connectivity index (χ2n) is 5.22. The molecule has 21 heavy (non-hydrogen) atoms. The fraction of sp³-hybridized carbons (Fsp3) is 0.467. The molecule has 112 valence electrons. The summed E-state index contributed by atoms with van der Waals surface area (Å²) >= 11 is 1.70. The third kappa shape index (κ3) is 3.15. The van der Waals surface area contributed by atoms with Crippen LogP contribution in [0.25, 0.3) is 0 Å². The maximum absolute atomic E-state index is 5.86. The summed E-state index contributed by atoms with van der Waals surface area (Å²) in [5.74, 6) is 2.77. The first-order valence-electron chi connectivity index (χ1n) is 7.25. The van der Waals surface area contributed by atoms with Crippen LogP contribution < -0.4 is 10.5 Å². The van der Waals surface area contributed by atoms with E-state index in [9.17, 15) is 0 Å². The number of ether oxygens (including phenoxy) is 1. The first-order valence-corrected chi connectivity index (χ1v) is 8.24. The number of thioether (sulfide) groups is 1. The predicted octanol–water partition coefficient (Wildman–Crippen LogP) is 2.89. The lowest BCUT2D eigenvalue weighted by Crippen LogP contribution is -2.02. The standard InChI is InChI=1S/C15H20N4OS/c1-20-13-7-6-12(16)9-11(13)10-21-15-18-17-14-5-3-2-4-8-19(14)15/h6-7,9H,2-5,8,10,16H2,1H3. The molecule has 0 amide bonds. The van der Waals surface area contributed by atoms with Crippen LogP contribution in [0.2, 0.25) is 0 Å². The molecule has 0 saturated heterocycles. The Balaban J connectivity index is 1.76. The normalized spacial score (nSPS) is 14.5. The molecular formula is C15H20N4OS. The van der Waals surface area contributed by atoms with Crippen molar-refractivity contribution in [3.63, 3.8) is 0 Å². The Morgan fingerprint density at radius 3 is 3.05 bits per heavy atom. The van der Waals surface area contributed by atoms with Crippen LogP contribution >= 0.6 is 11.8 Å². The van der Waals surface area contributed by atoms with Crippen molar-refractivity contribution in [2.75, 3.05) is 12.8 Å². The summed E-state index contributed by atoms with van der Waals surface area (Å²) in [7, 11) is 1.68. The summed E-state index contributed by atoms with van der Waals surface area (Å²) < 4.78 is 7.65. The SMILES string of the molecule is COc1ccc(N)cc1CSc1nnc2n1CCCCC2. The van der Waals surface area contributed by atoms with Gasteiger partial charge in [0, 0.05) is 30.0 Å². The van der Waals surface area contributed by atoms with Crippen molar-refractivity contribution in [3.8, 4) is 5.75 Å². The molecule has 1 aliphatic rings. The average molecular weight is 304 g/mol. The number of anilines is 1. The Morgan fingerprint density at radius 1 is 1.29 bits per heavy atom. The smallest absolute Gasteiger partial charge is 0.191 e. The van der Waals surface area contributed by atoms with Crippen LogP contribution in [0, 0.1) is 0 Å². The van der Waals surface area contributed by atoms with Crippen molar-refractivity contribution in [2.24, 2.45) is 0 Å². The van der Waals surface area contributed by atoms with Gasteiger partial charge >= 0.3 is 0 Å². The number of aryl methyl sites for hydroxylation is 1. The fourth-order valence-electron chi connectivity index (χ4n) is 2.62. The Labute approximate surface area is 128 Å². The third-order valence-corrected chi connectivity index (χ3v) is 4.75. The van der Waals surface area contributed by atoms with Crippen LogP contribution in [-0.4, -0.2) is 21.9 Å². The minimum atomic E-state index is 0.756. The average Bonchev–Trinajstić information content (AvgIpc) is 2.72. The lowest BCUT2D eigenvalue weighted by Gasteiger charge is -2.10. The van der Waals surface area contributed by atoms with Crippen LogP contribution in [0.15, 0.2) is 23.4 Å². The van der Waals surface area contributed by atoms with Crippen molar-refractivity contribution in [3.05, 3.63) is 29.6 Å². The van der Waals surface area contributed by atoms with Crippen molar-refractivity contribution in [1.82, 2.24) is 14.8 Å². The molecule has 0 fully saturated rings. The van der Waals surface area contributed by atoms with Gasteiger partial charge in [0.1, 0.15) is 11.6 Å². The van der Waals surface area contributed by atoms with E-state index in [-0.39, 0.29) is 0 Å². The van der Waals surface area contributed by atoms with Crippen molar-refractivity contribution in [2.45, 2.75) is 43.1 Å². The second kappa shape index (κ2) is 6.39. The van der Waals surface area contributed by atoms with Gasteiger partial charge in [-0.1, -0.05) is 18.2 Å². The Morgan fingerprint density at radius 2 is 2.19 bits per heavy atom. The van der Waals surface area contributed by atoms with Gasteiger partial charge in [-0.2, -0.15) is 0 Å². The van der Waals surface area contributed by atoms with Crippen LogP contribution in [0.3, 0.4) is 0 Å². The van der Waals surface area contributed by atoms with Crippen LogP contribution in [0.1, 0.15) is 30.7 Å². The molecule has 0 atom stereocenters. The maximum atomic E-state index is 5.86. The third-order valence-electron chi connectivity index (χ3n) is 3.74. The van der Waals surface area contributed by atoms with Crippen molar-refractivity contribution < 1.29 is 4.74 Å². The minimum Gasteiger partial charge on any atom is -0.496 e. The Hall–Kier alpha value is -1.69. The number of aromatic nitrogens is 3. The van der Waals surface area contributed by atoms with E-state index >= 15 is 0 Å². The Kier molecular flexibility index (Phi) is 4.34. The molecule has 6 heteroatoms. The highest BCUT2D eigenvalue weighted by Gasteiger charge is 2.15. The van der Waals surface area contributed by atoms with Crippen molar-refractivity contribution >= 4 is 17.4 Å². The van der Waals surface area contributed by atoms with Crippen molar-refractivity contribution in [1.29, 1.82) is 0 Å². The van der Waals surface area contributed by atoms with Gasteiger partial charge in [-0.25, -0.2) is 0 Å². The number of nitrogens with two attached hydrogens (primary N) is 1. The van der Waals surface area contributed by atoms with Crippen LogP contribution in [0.5, 0.6) is 5.75 Å².